The lowest BCUT2D eigenvalue weighted by Gasteiger charge is -2.31. The summed E-state index contributed by atoms with van der Waals surface area (Å²) in [5.74, 6) is -2.73. The standard InChI is InChI=1S/C24H24F2N2O3S/c1-16(19-7-6-17-4-2-3-5-20(17)14-19)27-24(29)18-10-12-28(13-11-18)32(30,31)21-8-9-22(25)23(26)15-21/h2-9,14-16,18H,10-13H2,1H3,(H,27,29)/t16-/m0/s1. The van der Waals surface area contributed by atoms with Gasteiger partial charge in [0.2, 0.25) is 15.9 Å². The molecule has 0 radical (unpaired) electrons. The Balaban J connectivity index is 1.38. The average Bonchev–Trinajstić information content (AvgIpc) is 2.80. The van der Waals surface area contributed by atoms with Gasteiger partial charge in [0, 0.05) is 19.0 Å². The van der Waals surface area contributed by atoms with Crippen molar-refractivity contribution in [2.45, 2.75) is 30.7 Å². The Hall–Kier alpha value is -2.84. The van der Waals surface area contributed by atoms with Gasteiger partial charge in [-0.2, -0.15) is 4.31 Å². The fraction of sp³-hybridized carbons (Fsp3) is 0.292. The summed E-state index contributed by atoms with van der Waals surface area (Å²) in [7, 11) is -3.94. The van der Waals surface area contributed by atoms with Crippen LogP contribution in [0.2, 0.25) is 0 Å². The van der Waals surface area contributed by atoms with Crippen LogP contribution in [-0.4, -0.2) is 31.7 Å². The van der Waals surface area contributed by atoms with Gasteiger partial charge in [0.1, 0.15) is 0 Å². The quantitative estimate of drug-likeness (QED) is 0.617. The maximum atomic E-state index is 13.5. The normalized spacial score (nSPS) is 16.7. The minimum absolute atomic E-state index is 0.115. The van der Waals surface area contributed by atoms with Gasteiger partial charge >= 0.3 is 0 Å². The number of amides is 1. The van der Waals surface area contributed by atoms with Crippen molar-refractivity contribution in [2.24, 2.45) is 5.92 Å². The van der Waals surface area contributed by atoms with E-state index in [9.17, 15) is 22.0 Å². The number of nitrogens with one attached hydrogen (secondary N) is 1. The Labute approximate surface area is 186 Å². The van der Waals surface area contributed by atoms with Gasteiger partial charge in [-0.3, -0.25) is 4.79 Å². The predicted molar refractivity (Wildman–Crippen MR) is 118 cm³/mol. The molecule has 5 nitrogen and oxygen atoms in total. The van der Waals surface area contributed by atoms with Crippen LogP contribution in [0.15, 0.2) is 65.6 Å². The number of nitrogens with zero attached hydrogens (tertiary/aromatic N) is 1. The molecule has 3 aromatic rings. The molecule has 3 aromatic carbocycles. The molecule has 1 N–H and O–H groups in total. The molecule has 0 spiro atoms. The van der Waals surface area contributed by atoms with Gasteiger partial charge in [-0.25, -0.2) is 17.2 Å². The van der Waals surface area contributed by atoms with Crippen molar-refractivity contribution in [1.29, 1.82) is 0 Å². The molecule has 8 heteroatoms. The molecule has 0 aromatic heterocycles. The molecule has 1 fully saturated rings. The van der Waals surface area contributed by atoms with Gasteiger partial charge in [-0.1, -0.05) is 36.4 Å². The van der Waals surface area contributed by atoms with E-state index in [0.717, 1.165) is 28.5 Å². The second kappa shape index (κ2) is 8.96. The molecule has 1 heterocycles. The second-order valence-corrected chi connectivity index (χ2v) is 10.0. The molecule has 0 aliphatic carbocycles. The topological polar surface area (TPSA) is 66.5 Å². The van der Waals surface area contributed by atoms with E-state index in [4.69, 9.17) is 0 Å². The van der Waals surface area contributed by atoms with Crippen LogP contribution in [0.4, 0.5) is 8.78 Å². The number of sulfonamides is 1. The van der Waals surface area contributed by atoms with Crippen molar-refractivity contribution in [3.05, 3.63) is 77.9 Å². The largest absolute Gasteiger partial charge is 0.349 e. The van der Waals surface area contributed by atoms with Gasteiger partial charge < -0.3 is 5.32 Å². The molecule has 1 aliphatic rings. The summed E-state index contributed by atoms with van der Waals surface area (Å²) in [6.07, 6.45) is 0.721. The lowest BCUT2D eigenvalue weighted by molar-refractivity contribution is -0.126. The Bertz CT molecular complexity index is 1260. The van der Waals surface area contributed by atoms with Crippen LogP contribution in [0.1, 0.15) is 31.4 Å². The Morgan fingerprint density at radius 3 is 2.34 bits per heavy atom. The lowest BCUT2D eigenvalue weighted by Crippen LogP contribution is -2.43. The highest BCUT2D eigenvalue weighted by Crippen LogP contribution is 2.26. The van der Waals surface area contributed by atoms with Crippen LogP contribution in [-0.2, 0) is 14.8 Å². The Morgan fingerprint density at radius 1 is 0.969 bits per heavy atom. The number of carbonyl (C=O) groups excluding carboxylic acids is 1. The monoisotopic (exact) mass is 458 g/mol. The second-order valence-electron chi connectivity index (χ2n) is 8.09. The predicted octanol–water partition coefficient (Wildman–Crippen LogP) is 4.40. The first kappa shape index (κ1) is 22.4. The summed E-state index contributed by atoms with van der Waals surface area (Å²) in [5, 5.41) is 5.26. The van der Waals surface area contributed by atoms with E-state index in [-0.39, 0.29) is 35.9 Å². The van der Waals surface area contributed by atoms with Gasteiger partial charge in [0.05, 0.1) is 10.9 Å². The molecule has 0 saturated carbocycles. The molecule has 0 bridgehead atoms. The van der Waals surface area contributed by atoms with Crippen LogP contribution < -0.4 is 5.32 Å². The zero-order chi connectivity index (χ0) is 22.9. The van der Waals surface area contributed by atoms with Crippen molar-refractivity contribution in [1.82, 2.24) is 9.62 Å². The van der Waals surface area contributed by atoms with E-state index in [0.29, 0.717) is 18.9 Å². The van der Waals surface area contributed by atoms with E-state index in [2.05, 4.69) is 11.4 Å². The number of carbonyl (C=O) groups is 1. The van der Waals surface area contributed by atoms with Gasteiger partial charge in [0.25, 0.3) is 0 Å². The molecule has 32 heavy (non-hydrogen) atoms. The summed E-state index contributed by atoms with van der Waals surface area (Å²) >= 11 is 0. The summed E-state index contributed by atoms with van der Waals surface area (Å²) < 4.78 is 53.3. The third-order valence-corrected chi connectivity index (χ3v) is 7.88. The molecule has 0 unspecified atom stereocenters. The van der Waals surface area contributed by atoms with Crippen LogP contribution in [0, 0.1) is 17.6 Å². The maximum Gasteiger partial charge on any atom is 0.243 e. The summed E-state index contributed by atoms with van der Waals surface area (Å²) in [4.78, 5) is 12.5. The number of rotatable bonds is 5. The maximum absolute atomic E-state index is 13.5. The van der Waals surface area contributed by atoms with Crippen molar-refractivity contribution in [3.63, 3.8) is 0 Å². The number of halogens is 2. The summed E-state index contributed by atoms with van der Waals surface area (Å²) in [6, 6.07) is 16.4. The van der Waals surface area contributed by atoms with Crippen molar-refractivity contribution >= 4 is 26.7 Å². The van der Waals surface area contributed by atoms with E-state index in [1.54, 1.807) is 0 Å². The molecule has 1 atom stereocenters. The molecule has 1 amide bonds. The molecule has 1 saturated heterocycles. The highest BCUT2D eigenvalue weighted by Gasteiger charge is 2.33. The van der Waals surface area contributed by atoms with Crippen LogP contribution in [0.3, 0.4) is 0 Å². The van der Waals surface area contributed by atoms with E-state index >= 15 is 0 Å². The van der Waals surface area contributed by atoms with Crippen LogP contribution >= 0.6 is 0 Å². The molecule has 4 rings (SSSR count). The zero-order valence-electron chi connectivity index (χ0n) is 17.6. The lowest BCUT2D eigenvalue weighted by atomic mass is 9.96. The summed E-state index contributed by atoms with van der Waals surface area (Å²) in [5.41, 5.74) is 0.996. The van der Waals surface area contributed by atoms with Crippen molar-refractivity contribution in [2.75, 3.05) is 13.1 Å². The first-order chi connectivity index (χ1) is 15.3. The van der Waals surface area contributed by atoms with Gasteiger partial charge in [0.15, 0.2) is 11.6 Å². The minimum atomic E-state index is -3.94. The Kier molecular flexibility index (Phi) is 6.26. The number of benzene rings is 3. The molecule has 168 valence electrons. The number of hydrogen-bond donors (Lipinski definition) is 1. The SMILES string of the molecule is C[C@H](NC(=O)C1CCN(S(=O)(=O)c2ccc(F)c(F)c2)CC1)c1ccc2ccccc2c1. The van der Waals surface area contributed by atoms with E-state index < -0.39 is 21.7 Å². The fourth-order valence-electron chi connectivity index (χ4n) is 4.04. The molecule has 1 aliphatic heterocycles. The molecular weight excluding hydrogens is 434 g/mol. The zero-order valence-corrected chi connectivity index (χ0v) is 18.4. The highest BCUT2D eigenvalue weighted by molar-refractivity contribution is 7.89. The smallest absolute Gasteiger partial charge is 0.243 e. The van der Waals surface area contributed by atoms with Crippen LogP contribution in [0.25, 0.3) is 10.8 Å². The fourth-order valence-corrected chi connectivity index (χ4v) is 5.52. The number of fused-ring (bicyclic) bond motifs is 1. The number of piperidine rings is 1. The number of hydrogen-bond acceptors (Lipinski definition) is 3. The van der Waals surface area contributed by atoms with Gasteiger partial charge in [-0.15, -0.1) is 0 Å². The van der Waals surface area contributed by atoms with E-state index in [1.807, 2.05) is 43.3 Å². The van der Waals surface area contributed by atoms with Gasteiger partial charge in [-0.05, 0) is 60.4 Å². The first-order valence-electron chi connectivity index (χ1n) is 10.5. The third kappa shape index (κ3) is 4.52. The first-order valence-corrected chi connectivity index (χ1v) is 11.9. The van der Waals surface area contributed by atoms with E-state index in [1.165, 1.54) is 4.31 Å². The Morgan fingerprint density at radius 2 is 1.66 bits per heavy atom. The highest BCUT2D eigenvalue weighted by atomic mass is 32.2. The van der Waals surface area contributed by atoms with Crippen LogP contribution in [0.5, 0.6) is 0 Å². The van der Waals surface area contributed by atoms with Crippen molar-refractivity contribution in [3.8, 4) is 0 Å². The van der Waals surface area contributed by atoms with Crippen molar-refractivity contribution < 1.29 is 22.0 Å². The minimum Gasteiger partial charge on any atom is -0.349 e. The average molecular weight is 459 g/mol. The third-order valence-electron chi connectivity index (χ3n) is 5.99. The molecular formula is C24H24F2N2O3S. The summed E-state index contributed by atoms with van der Waals surface area (Å²) in [6.45, 7) is 2.21.